The van der Waals surface area contributed by atoms with E-state index < -0.39 is 12.0 Å². The molecule has 2 N–H and O–H groups in total. The zero-order chi connectivity index (χ0) is 15.2. The number of hydrogen-bond acceptors (Lipinski definition) is 2. The van der Waals surface area contributed by atoms with Gasteiger partial charge in [0, 0.05) is 13.1 Å². The lowest BCUT2D eigenvalue weighted by atomic mass is 10.1. The largest absolute Gasteiger partial charge is 0.480 e. The van der Waals surface area contributed by atoms with Crippen molar-refractivity contribution in [1.29, 1.82) is 0 Å². The summed E-state index contributed by atoms with van der Waals surface area (Å²) in [5, 5.41) is 12.1. The van der Waals surface area contributed by atoms with Crippen LogP contribution in [0.25, 0.3) is 0 Å². The quantitative estimate of drug-likeness (QED) is 0.898. The van der Waals surface area contributed by atoms with E-state index in [0.29, 0.717) is 19.5 Å². The van der Waals surface area contributed by atoms with Crippen LogP contribution in [0.3, 0.4) is 0 Å². The number of hydrogen-bond donors (Lipinski definition) is 2. The van der Waals surface area contributed by atoms with Gasteiger partial charge in [0.15, 0.2) is 0 Å². The summed E-state index contributed by atoms with van der Waals surface area (Å²) < 4.78 is 0. The second-order valence-electron chi connectivity index (χ2n) is 5.48. The van der Waals surface area contributed by atoms with Crippen molar-refractivity contribution in [2.45, 2.75) is 45.2 Å². The van der Waals surface area contributed by atoms with Crippen molar-refractivity contribution >= 4 is 12.0 Å². The number of carbonyl (C=O) groups excluding carboxylic acids is 1. The van der Waals surface area contributed by atoms with Gasteiger partial charge in [0.2, 0.25) is 0 Å². The Hall–Kier alpha value is -2.04. The molecular formula is C16H22N2O3. The summed E-state index contributed by atoms with van der Waals surface area (Å²) in [6, 6.07) is 6.85. The van der Waals surface area contributed by atoms with Crippen LogP contribution in [0.5, 0.6) is 0 Å². The molecule has 114 valence electrons. The monoisotopic (exact) mass is 290 g/mol. The predicted molar refractivity (Wildman–Crippen MR) is 80.0 cm³/mol. The lowest BCUT2D eigenvalue weighted by Crippen LogP contribution is -2.49. The molecule has 1 unspecified atom stereocenters. The summed E-state index contributed by atoms with van der Waals surface area (Å²) in [4.78, 5) is 25.1. The summed E-state index contributed by atoms with van der Waals surface area (Å²) in [6.07, 6.45) is 3.23. The van der Waals surface area contributed by atoms with E-state index in [1.54, 1.807) is 0 Å². The number of urea groups is 1. The molecule has 2 rings (SSSR count). The van der Waals surface area contributed by atoms with Crippen LogP contribution in [-0.4, -0.2) is 34.6 Å². The number of nitrogens with zero attached hydrogens (tertiary/aromatic N) is 1. The van der Waals surface area contributed by atoms with Gasteiger partial charge in [0.05, 0.1) is 0 Å². The van der Waals surface area contributed by atoms with Crippen molar-refractivity contribution in [3.05, 3.63) is 35.4 Å². The fourth-order valence-corrected chi connectivity index (χ4v) is 2.69. The third-order valence-corrected chi connectivity index (χ3v) is 3.99. The van der Waals surface area contributed by atoms with Crippen LogP contribution in [-0.2, 0) is 11.3 Å². The van der Waals surface area contributed by atoms with Gasteiger partial charge in [0.1, 0.15) is 6.04 Å². The highest BCUT2D eigenvalue weighted by molar-refractivity contribution is 5.82. The number of rotatable bonds is 3. The summed E-state index contributed by atoms with van der Waals surface area (Å²) >= 11 is 0. The van der Waals surface area contributed by atoms with Crippen LogP contribution in [0, 0.1) is 6.92 Å². The van der Waals surface area contributed by atoms with Gasteiger partial charge in [-0.05, 0) is 30.9 Å². The smallest absolute Gasteiger partial charge is 0.326 e. The highest BCUT2D eigenvalue weighted by atomic mass is 16.4. The molecule has 0 aliphatic carbocycles. The predicted octanol–water partition coefficient (Wildman–Crippen LogP) is 2.53. The van der Waals surface area contributed by atoms with Crippen molar-refractivity contribution in [3.8, 4) is 0 Å². The first-order valence-corrected chi connectivity index (χ1v) is 7.41. The Bertz CT molecular complexity index is 516. The van der Waals surface area contributed by atoms with E-state index in [2.05, 4.69) is 5.32 Å². The average Bonchev–Trinajstić information content (AvgIpc) is 2.72. The van der Waals surface area contributed by atoms with Crippen molar-refractivity contribution in [1.82, 2.24) is 10.2 Å². The minimum atomic E-state index is -0.914. The molecule has 1 aromatic carbocycles. The van der Waals surface area contributed by atoms with E-state index in [9.17, 15) is 14.7 Å². The number of likely N-dealkylation sites (tertiary alicyclic amines) is 1. The maximum atomic E-state index is 12.3. The molecule has 0 aromatic heterocycles. The SMILES string of the molecule is Cc1ccccc1CNC(=O)N1CCCCCC1C(=O)O. The van der Waals surface area contributed by atoms with Crippen LogP contribution in [0.2, 0.25) is 0 Å². The van der Waals surface area contributed by atoms with Gasteiger partial charge in [-0.15, -0.1) is 0 Å². The molecule has 1 heterocycles. The van der Waals surface area contributed by atoms with Crippen molar-refractivity contribution < 1.29 is 14.7 Å². The van der Waals surface area contributed by atoms with E-state index in [1.165, 1.54) is 4.90 Å². The summed E-state index contributed by atoms with van der Waals surface area (Å²) in [5.74, 6) is -0.914. The third-order valence-electron chi connectivity index (χ3n) is 3.99. The zero-order valence-corrected chi connectivity index (χ0v) is 12.3. The first kappa shape index (κ1) is 15.4. The molecule has 1 aliphatic rings. The number of amides is 2. The Balaban J connectivity index is 2.00. The van der Waals surface area contributed by atoms with E-state index >= 15 is 0 Å². The lowest BCUT2D eigenvalue weighted by Gasteiger charge is -2.27. The summed E-state index contributed by atoms with van der Waals surface area (Å²) in [7, 11) is 0. The number of carbonyl (C=O) groups is 2. The molecule has 5 heteroatoms. The van der Waals surface area contributed by atoms with Crippen LogP contribution >= 0.6 is 0 Å². The fraction of sp³-hybridized carbons (Fsp3) is 0.500. The van der Waals surface area contributed by atoms with Crippen LogP contribution < -0.4 is 5.32 Å². The molecule has 0 saturated carbocycles. The highest BCUT2D eigenvalue weighted by Crippen LogP contribution is 2.17. The Labute approximate surface area is 125 Å². The normalized spacial score (nSPS) is 18.9. The number of aryl methyl sites for hydroxylation is 1. The third kappa shape index (κ3) is 3.97. The average molecular weight is 290 g/mol. The second kappa shape index (κ2) is 7.11. The van der Waals surface area contributed by atoms with Gasteiger partial charge in [-0.3, -0.25) is 0 Å². The minimum Gasteiger partial charge on any atom is -0.480 e. The molecule has 21 heavy (non-hydrogen) atoms. The molecule has 2 amide bonds. The van der Waals surface area contributed by atoms with E-state index in [0.717, 1.165) is 30.4 Å². The van der Waals surface area contributed by atoms with Gasteiger partial charge >= 0.3 is 12.0 Å². The highest BCUT2D eigenvalue weighted by Gasteiger charge is 2.30. The van der Waals surface area contributed by atoms with Gasteiger partial charge in [-0.2, -0.15) is 0 Å². The zero-order valence-electron chi connectivity index (χ0n) is 12.3. The van der Waals surface area contributed by atoms with Gasteiger partial charge in [-0.1, -0.05) is 37.1 Å². The van der Waals surface area contributed by atoms with Gasteiger partial charge in [-0.25, -0.2) is 9.59 Å². The molecule has 0 radical (unpaired) electrons. The first-order valence-electron chi connectivity index (χ1n) is 7.41. The molecule has 1 saturated heterocycles. The van der Waals surface area contributed by atoms with E-state index in [4.69, 9.17) is 0 Å². The fourth-order valence-electron chi connectivity index (χ4n) is 2.69. The lowest BCUT2D eigenvalue weighted by molar-refractivity contribution is -0.142. The molecule has 0 bridgehead atoms. The molecular weight excluding hydrogens is 268 g/mol. The van der Waals surface area contributed by atoms with Crippen LogP contribution in [0.1, 0.15) is 36.8 Å². The van der Waals surface area contributed by atoms with Crippen molar-refractivity contribution in [2.75, 3.05) is 6.54 Å². The van der Waals surface area contributed by atoms with Crippen molar-refractivity contribution in [2.24, 2.45) is 0 Å². The second-order valence-corrected chi connectivity index (χ2v) is 5.48. The van der Waals surface area contributed by atoms with E-state index in [-0.39, 0.29) is 6.03 Å². The Morgan fingerprint density at radius 1 is 1.29 bits per heavy atom. The number of carboxylic acid groups (broad SMARTS) is 1. The summed E-state index contributed by atoms with van der Waals surface area (Å²) in [5.41, 5.74) is 2.16. The number of aliphatic carboxylic acids is 1. The van der Waals surface area contributed by atoms with Gasteiger partial charge < -0.3 is 15.3 Å². The van der Waals surface area contributed by atoms with Crippen molar-refractivity contribution in [3.63, 3.8) is 0 Å². The maximum Gasteiger partial charge on any atom is 0.326 e. The topological polar surface area (TPSA) is 69.6 Å². The molecule has 1 fully saturated rings. The first-order chi connectivity index (χ1) is 10.1. The number of benzene rings is 1. The molecule has 1 aliphatic heterocycles. The van der Waals surface area contributed by atoms with Crippen LogP contribution in [0.4, 0.5) is 4.79 Å². The van der Waals surface area contributed by atoms with E-state index in [1.807, 2.05) is 31.2 Å². The molecule has 5 nitrogen and oxygen atoms in total. The van der Waals surface area contributed by atoms with Gasteiger partial charge in [0.25, 0.3) is 0 Å². The number of nitrogens with one attached hydrogen (secondary N) is 1. The standard InChI is InChI=1S/C16H22N2O3/c1-12-7-4-5-8-13(12)11-17-16(21)18-10-6-2-3-9-14(18)15(19)20/h4-5,7-8,14H,2-3,6,9-11H2,1H3,(H,17,21)(H,19,20). The maximum absolute atomic E-state index is 12.3. The minimum absolute atomic E-state index is 0.285. The number of carboxylic acids is 1. The Morgan fingerprint density at radius 2 is 2.05 bits per heavy atom. The Morgan fingerprint density at radius 3 is 2.76 bits per heavy atom. The van der Waals surface area contributed by atoms with Crippen LogP contribution in [0.15, 0.2) is 24.3 Å². The molecule has 1 aromatic rings. The Kier molecular flexibility index (Phi) is 5.20. The molecule has 1 atom stereocenters. The molecule has 0 spiro atoms. The summed E-state index contributed by atoms with van der Waals surface area (Å²) in [6.45, 7) is 2.93.